The van der Waals surface area contributed by atoms with Gasteiger partial charge in [0.15, 0.2) is 0 Å². The van der Waals surface area contributed by atoms with E-state index in [9.17, 15) is 9.90 Å². The molecule has 0 aliphatic carbocycles. The first-order chi connectivity index (χ1) is 11.1. The van der Waals surface area contributed by atoms with Crippen molar-refractivity contribution in [2.75, 3.05) is 6.54 Å². The summed E-state index contributed by atoms with van der Waals surface area (Å²) in [6.07, 6.45) is 13.8. The Morgan fingerprint density at radius 2 is 1.52 bits per heavy atom. The third-order valence-corrected chi connectivity index (χ3v) is 4.31. The van der Waals surface area contributed by atoms with Crippen LogP contribution in [0.15, 0.2) is 0 Å². The highest BCUT2D eigenvalue weighted by Crippen LogP contribution is 2.12. The molecule has 0 aromatic rings. The number of nitrogens with two attached hydrogens (primary N) is 1. The fourth-order valence-electron chi connectivity index (χ4n) is 2.84. The molecule has 4 nitrogen and oxygen atoms in total. The maximum absolute atomic E-state index is 11.8. The molecule has 0 saturated heterocycles. The number of aliphatic hydroxyl groups excluding tert-OH is 1. The van der Waals surface area contributed by atoms with Crippen molar-refractivity contribution in [3.8, 4) is 0 Å². The van der Waals surface area contributed by atoms with Crippen LogP contribution < -0.4 is 11.1 Å². The molecule has 0 fully saturated rings. The first-order valence-corrected chi connectivity index (χ1v) is 9.77. The summed E-state index contributed by atoms with van der Waals surface area (Å²) >= 11 is 0. The Kier molecular flexibility index (Phi) is 15.8. The van der Waals surface area contributed by atoms with Crippen molar-refractivity contribution in [1.29, 1.82) is 0 Å². The van der Waals surface area contributed by atoms with Crippen LogP contribution >= 0.6 is 0 Å². The van der Waals surface area contributed by atoms with Crippen LogP contribution in [0.4, 0.5) is 0 Å². The molecule has 138 valence electrons. The van der Waals surface area contributed by atoms with Crippen LogP contribution in [0.2, 0.25) is 0 Å². The molecule has 0 spiro atoms. The van der Waals surface area contributed by atoms with E-state index in [1.165, 1.54) is 51.4 Å². The van der Waals surface area contributed by atoms with Gasteiger partial charge in [-0.05, 0) is 32.7 Å². The number of aliphatic hydroxyl groups is 1. The predicted octanol–water partition coefficient (Wildman–Crippen LogP) is 3.90. The van der Waals surface area contributed by atoms with Gasteiger partial charge in [0.25, 0.3) is 0 Å². The highest BCUT2D eigenvalue weighted by atomic mass is 16.3. The summed E-state index contributed by atoms with van der Waals surface area (Å²) < 4.78 is 0. The number of carbonyl (C=O) groups excluding carboxylic acids is 1. The summed E-state index contributed by atoms with van der Waals surface area (Å²) in [6.45, 7) is 4.88. The number of carbonyl (C=O) groups is 1. The van der Waals surface area contributed by atoms with E-state index in [4.69, 9.17) is 5.73 Å². The predicted molar refractivity (Wildman–Crippen MR) is 98.4 cm³/mol. The largest absolute Gasteiger partial charge is 0.393 e. The fraction of sp³-hybridized carbons (Fsp3) is 0.947. The van der Waals surface area contributed by atoms with Crippen molar-refractivity contribution >= 4 is 5.91 Å². The van der Waals surface area contributed by atoms with Gasteiger partial charge in [-0.25, -0.2) is 0 Å². The smallest absolute Gasteiger partial charge is 0.222 e. The van der Waals surface area contributed by atoms with E-state index in [2.05, 4.69) is 12.2 Å². The number of rotatable bonds is 16. The number of hydrogen-bond donors (Lipinski definition) is 3. The number of nitrogens with one attached hydrogen (secondary N) is 1. The molecule has 4 heteroatoms. The lowest BCUT2D eigenvalue weighted by Crippen LogP contribution is -2.35. The lowest BCUT2D eigenvalue weighted by atomic mass is 10.0. The second-order valence-electron chi connectivity index (χ2n) is 6.87. The van der Waals surface area contributed by atoms with Crippen molar-refractivity contribution in [3.63, 3.8) is 0 Å². The van der Waals surface area contributed by atoms with E-state index in [0.717, 1.165) is 25.7 Å². The minimum absolute atomic E-state index is 0.0436. The third kappa shape index (κ3) is 16.0. The molecule has 0 bridgehead atoms. The summed E-state index contributed by atoms with van der Waals surface area (Å²) in [7, 11) is 0. The van der Waals surface area contributed by atoms with Gasteiger partial charge in [-0.2, -0.15) is 0 Å². The van der Waals surface area contributed by atoms with Crippen LogP contribution in [0.1, 0.15) is 97.3 Å². The van der Waals surface area contributed by atoms with Crippen LogP contribution in [0.5, 0.6) is 0 Å². The van der Waals surface area contributed by atoms with Gasteiger partial charge in [0.05, 0.1) is 12.5 Å². The molecule has 0 radical (unpaired) electrons. The number of hydrogen-bond acceptors (Lipinski definition) is 3. The number of unbranched alkanes of at least 4 members (excludes halogenated alkanes) is 8. The fourth-order valence-corrected chi connectivity index (χ4v) is 2.84. The van der Waals surface area contributed by atoms with Gasteiger partial charge >= 0.3 is 0 Å². The van der Waals surface area contributed by atoms with E-state index >= 15 is 0 Å². The molecule has 1 unspecified atom stereocenters. The molecule has 0 aromatic carbocycles. The van der Waals surface area contributed by atoms with Gasteiger partial charge in [-0.15, -0.1) is 0 Å². The quantitative estimate of drug-likeness (QED) is 0.376. The van der Waals surface area contributed by atoms with Gasteiger partial charge in [-0.1, -0.05) is 64.7 Å². The van der Waals surface area contributed by atoms with Crippen LogP contribution in [0.25, 0.3) is 0 Å². The third-order valence-electron chi connectivity index (χ3n) is 4.31. The molecule has 0 saturated carbocycles. The monoisotopic (exact) mass is 328 g/mol. The van der Waals surface area contributed by atoms with Gasteiger partial charge in [0.1, 0.15) is 0 Å². The Hall–Kier alpha value is -0.610. The standard InChI is InChI=1S/C19H40N2O2/c1-3-4-5-6-7-8-9-10-11-14-18(22)16-19(23)21-17(2)13-12-15-20/h17-18,22H,3-16,20H2,1-2H3,(H,21,23)/t17?,18-/m1/s1. The summed E-state index contributed by atoms with van der Waals surface area (Å²) in [6, 6.07) is 0.144. The van der Waals surface area contributed by atoms with Crippen molar-refractivity contribution in [1.82, 2.24) is 5.32 Å². The molecule has 2 atom stereocenters. The van der Waals surface area contributed by atoms with E-state index in [1.807, 2.05) is 6.92 Å². The summed E-state index contributed by atoms with van der Waals surface area (Å²) in [4.78, 5) is 11.8. The Bertz CT molecular complexity index is 272. The lowest BCUT2D eigenvalue weighted by molar-refractivity contribution is -0.123. The van der Waals surface area contributed by atoms with E-state index in [-0.39, 0.29) is 18.4 Å². The summed E-state index contributed by atoms with van der Waals surface area (Å²) in [5.41, 5.74) is 5.46. The average molecular weight is 329 g/mol. The average Bonchev–Trinajstić information content (AvgIpc) is 2.51. The van der Waals surface area contributed by atoms with Crippen molar-refractivity contribution in [2.24, 2.45) is 5.73 Å². The van der Waals surface area contributed by atoms with E-state index < -0.39 is 6.10 Å². The second-order valence-corrected chi connectivity index (χ2v) is 6.87. The molecule has 1 amide bonds. The first kappa shape index (κ1) is 22.4. The molecule has 0 aliphatic rings. The summed E-state index contributed by atoms with van der Waals surface area (Å²) in [5.74, 6) is -0.0436. The lowest BCUT2D eigenvalue weighted by Gasteiger charge is -2.15. The summed E-state index contributed by atoms with van der Waals surface area (Å²) in [5, 5.41) is 12.9. The Balaban J connectivity index is 3.45. The second kappa shape index (κ2) is 16.3. The molecule has 4 N–H and O–H groups in total. The zero-order valence-corrected chi connectivity index (χ0v) is 15.5. The van der Waals surface area contributed by atoms with Gasteiger partial charge in [-0.3, -0.25) is 4.79 Å². The molecule has 0 aromatic heterocycles. The normalized spacial score (nSPS) is 13.7. The van der Waals surface area contributed by atoms with Gasteiger partial charge in [0.2, 0.25) is 5.91 Å². The molecule has 0 heterocycles. The zero-order valence-electron chi connectivity index (χ0n) is 15.5. The molecule has 23 heavy (non-hydrogen) atoms. The SMILES string of the molecule is CCCCCCCCCCC[C@@H](O)CC(=O)NC(C)CCCN. The van der Waals surface area contributed by atoms with Gasteiger partial charge < -0.3 is 16.2 Å². The molecular formula is C19H40N2O2. The minimum atomic E-state index is -0.499. The molecule has 0 aliphatic heterocycles. The molecule has 0 rings (SSSR count). The van der Waals surface area contributed by atoms with E-state index in [1.54, 1.807) is 0 Å². The molecular weight excluding hydrogens is 288 g/mol. The van der Waals surface area contributed by atoms with Crippen molar-refractivity contribution in [3.05, 3.63) is 0 Å². The van der Waals surface area contributed by atoms with Crippen LogP contribution in [0.3, 0.4) is 0 Å². The Morgan fingerprint density at radius 1 is 0.957 bits per heavy atom. The maximum atomic E-state index is 11.8. The number of amides is 1. The zero-order chi connectivity index (χ0) is 17.3. The minimum Gasteiger partial charge on any atom is -0.393 e. The maximum Gasteiger partial charge on any atom is 0.222 e. The highest BCUT2D eigenvalue weighted by molar-refractivity contribution is 5.76. The van der Waals surface area contributed by atoms with Gasteiger partial charge in [0, 0.05) is 6.04 Å². The van der Waals surface area contributed by atoms with Crippen molar-refractivity contribution < 1.29 is 9.90 Å². The highest BCUT2D eigenvalue weighted by Gasteiger charge is 2.12. The van der Waals surface area contributed by atoms with Crippen LogP contribution in [-0.2, 0) is 4.79 Å². The Labute approximate surface area is 143 Å². The first-order valence-electron chi connectivity index (χ1n) is 9.77. The topological polar surface area (TPSA) is 75.3 Å². The van der Waals surface area contributed by atoms with E-state index in [0.29, 0.717) is 6.54 Å². The van der Waals surface area contributed by atoms with Crippen LogP contribution in [0, 0.1) is 0 Å². The Morgan fingerprint density at radius 3 is 2.09 bits per heavy atom. The van der Waals surface area contributed by atoms with Crippen LogP contribution in [-0.4, -0.2) is 29.7 Å². The van der Waals surface area contributed by atoms with Crippen molar-refractivity contribution in [2.45, 2.75) is 109 Å².